The van der Waals surface area contributed by atoms with Gasteiger partial charge >= 0.3 is 0 Å². The van der Waals surface area contributed by atoms with Crippen LogP contribution in [0.25, 0.3) is 11.3 Å². The lowest BCUT2D eigenvalue weighted by molar-refractivity contribution is 0.112. The number of aldehydes is 1. The van der Waals surface area contributed by atoms with Crippen molar-refractivity contribution in [1.82, 2.24) is 0 Å². The van der Waals surface area contributed by atoms with E-state index in [0.29, 0.717) is 23.4 Å². The Kier molecular flexibility index (Phi) is 2.08. The molecule has 0 aliphatic carbocycles. The number of rotatable bonds is 1. The Labute approximate surface area is 96.5 Å². The highest BCUT2D eigenvalue weighted by Gasteiger charge is 2.22. The third-order valence-corrected chi connectivity index (χ3v) is 2.74. The van der Waals surface area contributed by atoms with Gasteiger partial charge in [-0.1, -0.05) is 12.1 Å². The lowest BCUT2D eigenvalue weighted by Gasteiger charge is -2.18. The van der Waals surface area contributed by atoms with Gasteiger partial charge in [0.05, 0.1) is 16.7 Å². The van der Waals surface area contributed by atoms with E-state index in [2.05, 4.69) is 0 Å². The van der Waals surface area contributed by atoms with E-state index in [9.17, 15) is 9.59 Å². The highest BCUT2D eigenvalue weighted by Crippen LogP contribution is 2.35. The molecule has 3 rings (SSSR count). The van der Waals surface area contributed by atoms with Gasteiger partial charge in [0.1, 0.15) is 24.4 Å². The van der Waals surface area contributed by atoms with Gasteiger partial charge in [0, 0.05) is 0 Å². The summed E-state index contributed by atoms with van der Waals surface area (Å²) in [5.41, 5.74) is 0.832. The van der Waals surface area contributed by atoms with E-state index in [4.69, 9.17) is 9.15 Å². The van der Waals surface area contributed by atoms with Gasteiger partial charge in [0.15, 0.2) is 6.29 Å². The summed E-state index contributed by atoms with van der Waals surface area (Å²) in [5, 5.41) is 0. The molecule has 0 amide bonds. The molecule has 1 aliphatic rings. The van der Waals surface area contributed by atoms with Crippen molar-refractivity contribution < 1.29 is 13.9 Å². The second-order valence-corrected chi connectivity index (χ2v) is 3.73. The fourth-order valence-corrected chi connectivity index (χ4v) is 1.89. The molecule has 0 saturated carbocycles. The molecule has 0 radical (unpaired) electrons. The van der Waals surface area contributed by atoms with E-state index in [1.807, 2.05) is 24.3 Å². The van der Waals surface area contributed by atoms with Crippen molar-refractivity contribution in [2.75, 3.05) is 0 Å². The molecular weight excluding hydrogens is 220 g/mol. The Hall–Kier alpha value is -2.36. The van der Waals surface area contributed by atoms with E-state index < -0.39 is 0 Å². The first kappa shape index (κ1) is 9.84. The monoisotopic (exact) mass is 228 g/mol. The predicted octanol–water partition coefficient (Wildman–Crippen LogP) is 2.01. The number of para-hydroxylation sites is 1. The number of hydrogen-bond donors (Lipinski definition) is 0. The van der Waals surface area contributed by atoms with Gasteiger partial charge in [-0.25, -0.2) is 0 Å². The van der Waals surface area contributed by atoms with Gasteiger partial charge in [-0.2, -0.15) is 0 Å². The predicted molar refractivity (Wildman–Crippen MR) is 60.1 cm³/mol. The molecule has 84 valence electrons. The van der Waals surface area contributed by atoms with Crippen molar-refractivity contribution in [3.63, 3.8) is 0 Å². The summed E-state index contributed by atoms with van der Waals surface area (Å²) in [6.07, 6.45) is 1.68. The first-order chi connectivity index (χ1) is 8.31. The van der Waals surface area contributed by atoms with Crippen LogP contribution < -0.4 is 10.2 Å². The van der Waals surface area contributed by atoms with E-state index in [1.54, 1.807) is 0 Å². The van der Waals surface area contributed by atoms with Crippen LogP contribution in [0.3, 0.4) is 0 Å². The Balaban J connectivity index is 2.32. The molecule has 2 heterocycles. The second-order valence-electron chi connectivity index (χ2n) is 3.73. The molecule has 1 aromatic heterocycles. The lowest BCUT2D eigenvalue weighted by Crippen LogP contribution is -2.19. The minimum absolute atomic E-state index is 0.0201. The van der Waals surface area contributed by atoms with Crippen LogP contribution in [0.5, 0.6) is 5.75 Å². The summed E-state index contributed by atoms with van der Waals surface area (Å²) in [5.74, 6) is 1.17. The summed E-state index contributed by atoms with van der Waals surface area (Å²) in [7, 11) is 0. The molecule has 0 spiro atoms. The number of carbonyl (C=O) groups excluding carboxylic acids is 1. The summed E-state index contributed by atoms with van der Waals surface area (Å²) in [6, 6.07) is 7.31. The molecule has 4 nitrogen and oxygen atoms in total. The van der Waals surface area contributed by atoms with E-state index in [-0.39, 0.29) is 17.6 Å². The van der Waals surface area contributed by atoms with Gasteiger partial charge in [-0.3, -0.25) is 9.59 Å². The molecule has 0 bridgehead atoms. The Morgan fingerprint density at radius 2 is 2.06 bits per heavy atom. The average molecular weight is 228 g/mol. The van der Waals surface area contributed by atoms with Crippen LogP contribution in [0.2, 0.25) is 0 Å². The zero-order chi connectivity index (χ0) is 11.8. The van der Waals surface area contributed by atoms with Gasteiger partial charge in [-0.15, -0.1) is 0 Å². The molecule has 0 atom stereocenters. The van der Waals surface area contributed by atoms with Crippen LogP contribution in [-0.2, 0) is 6.61 Å². The first-order valence-corrected chi connectivity index (χ1v) is 5.13. The highest BCUT2D eigenvalue weighted by molar-refractivity contribution is 5.77. The Morgan fingerprint density at radius 1 is 1.24 bits per heavy atom. The van der Waals surface area contributed by atoms with E-state index in [1.165, 1.54) is 6.26 Å². The van der Waals surface area contributed by atoms with Crippen molar-refractivity contribution >= 4 is 6.29 Å². The van der Waals surface area contributed by atoms with E-state index >= 15 is 0 Å². The number of benzene rings is 1. The van der Waals surface area contributed by atoms with Crippen molar-refractivity contribution in [1.29, 1.82) is 0 Å². The standard InChI is InChI=1S/C13H8O4/c14-5-8-6-17-13-9-3-1-2-4-11(9)16-7-10(13)12(8)15/h1-6H,7H2. The van der Waals surface area contributed by atoms with Crippen LogP contribution >= 0.6 is 0 Å². The van der Waals surface area contributed by atoms with Gasteiger partial charge in [0.25, 0.3) is 0 Å². The van der Waals surface area contributed by atoms with E-state index in [0.717, 1.165) is 5.56 Å². The molecule has 1 aliphatic heterocycles. The van der Waals surface area contributed by atoms with Crippen molar-refractivity contribution in [2.24, 2.45) is 0 Å². The zero-order valence-corrected chi connectivity index (χ0v) is 8.80. The maximum absolute atomic E-state index is 11.9. The molecule has 0 N–H and O–H groups in total. The fraction of sp³-hybridized carbons (Fsp3) is 0.0769. The average Bonchev–Trinajstić information content (AvgIpc) is 2.39. The highest BCUT2D eigenvalue weighted by atomic mass is 16.5. The molecule has 0 saturated heterocycles. The molecule has 0 fully saturated rings. The van der Waals surface area contributed by atoms with Gasteiger partial charge in [-0.05, 0) is 12.1 Å². The molecule has 1 aromatic carbocycles. The summed E-state index contributed by atoms with van der Waals surface area (Å²) in [6.45, 7) is 0.135. The molecule has 2 aromatic rings. The quantitative estimate of drug-likeness (QED) is 0.700. The second kappa shape index (κ2) is 3.59. The lowest BCUT2D eigenvalue weighted by atomic mass is 10.0. The number of carbonyl (C=O) groups is 1. The molecule has 4 heteroatoms. The molecule has 0 unspecified atom stereocenters. The topological polar surface area (TPSA) is 56.5 Å². The van der Waals surface area contributed by atoms with Crippen LogP contribution in [-0.4, -0.2) is 6.29 Å². The normalized spacial score (nSPS) is 12.2. The zero-order valence-electron chi connectivity index (χ0n) is 8.80. The fourth-order valence-electron chi connectivity index (χ4n) is 1.89. The summed E-state index contributed by atoms with van der Waals surface area (Å²) >= 11 is 0. The van der Waals surface area contributed by atoms with Crippen molar-refractivity contribution in [2.45, 2.75) is 6.61 Å². The van der Waals surface area contributed by atoms with Crippen LogP contribution in [0.4, 0.5) is 0 Å². The van der Waals surface area contributed by atoms with Crippen molar-refractivity contribution in [3.8, 4) is 17.1 Å². The van der Waals surface area contributed by atoms with Crippen molar-refractivity contribution in [3.05, 3.63) is 51.9 Å². The smallest absolute Gasteiger partial charge is 0.202 e. The van der Waals surface area contributed by atoms with Crippen LogP contribution in [0.1, 0.15) is 15.9 Å². The van der Waals surface area contributed by atoms with Crippen LogP contribution in [0.15, 0.2) is 39.7 Å². The Bertz CT molecular complexity index is 655. The minimum Gasteiger partial charge on any atom is -0.488 e. The molecular formula is C13H8O4. The Morgan fingerprint density at radius 3 is 2.88 bits per heavy atom. The number of ether oxygens (including phenoxy) is 1. The first-order valence-electron chi connectivity index (χ1n) is 5.13. The van der Waals surface area contributed by atoms with Gasteiger partial charge < -0.3 is 9.15 Å². The third-order valence-electron chi connectivity index (χ3n) is 2.74. The van der Waals surface area contributed by atoms with Crippen LogP contribution in [0, 0.1) is 0 Å². The summed E-state index contributed by atoms with van der Waals surface area (Å²) < 4.78 is 10.8. The number of fused-ring (bicyclic) bond motifs is 3. The SMILES string of the molecule is O=Cc1coc2c(c1=O)COc1ccccc1-2. The molecule has 17 heavy (non-hydrogen) atoms. The largest absolute Gasteiger partial charge is 0.488 e. The minimum atomic E-state index is -0.323. The van der Waals surface area contributed by atoms with Gasteiger partial charge in [0.2, 0.25) is 5.43 Å². The third kappa shape index (κ3) is 1.38. The summed E-state index contributed by atoms with van der Waals surface area (Å²) in [4.78, 5) is 22.5. The maximum Gasteiger partial charge on any atom is 0.202 e. The number of hydrogen-bond acceptors (Lipinski definition) is 4. The maximum atomic E-state index is 11.9.